The van der Waals surface area contributed by atoms with Crippen LogP contribution in [0, 0.1) is 17.1 Å². The molecule has 2 heterocycles. The number of amides is 1. The molecule has 4 rings (SSSR count). The Bertz CT molecular complexity index is 1070. The Kier molecular flexibility index (Phi) is 4.72. The maximum absolute atomic E-state index is 14.9. The lowest BCUT2D eigenvalue weighted by Gasteiger charge is -2.38. The molecule has 1 amide bonds. The highest BCUT2D eigenvalue weighted by molar-refractivity contribution is 6.02. The Balaban J connectivity index is 1.67. The number of carbonyl (C=O) groups is 1. The third kappa shape index (κ3) is 3.43. The molecule has 1 aliphatic heterocycles. The number of nitrogens with two attached hydrogens (primary N) is 1. The molecule has 1 atom stereocenters. The minimum Gasteiger partial charge on any atom is -0.434 e. The fraction of sp³-hybridized carbons (Fsp3) is 0.238. The minimum absolute atomic E-state index is 0.00808. The number of fused-ring (bicyclic) bond motifs is 1. The van der Waals surface area contributed by atoms with Crippen molar-refractivity contribution < 1.29 is 13.9 Å². The van der Waals surface area contributed by atoms with Crippen molar-refractivity contribution in [3.05, 3.63) is 71.0 Å². The van der Waals surface area contributed by atoms with E-state index in [9.17, 15) is 9.18 Å². The number of hydrogen-bond acceptors (Lipinski definition) is 6. The molecule has 146 valence electrons. The number of benzene rings is 1. The number of ether oxygens (including phenoxy) is 1. The lowest BCUT2D eigenvalue weighted by Crippen LogP contribution is -2.37. The van der Waals surface area contributed by atoms with Gasteiger partial charge in [-0.15, -0.1) is 0 Å². The number of nitriles is 1. The van der Waals surface area contributed by atoms with Crippen LogP contribution in [0.25, 0.3) is 0 Å². The van der Waals surface area contributed by atoms with E-state index in [0.717, 1.165) is 24.8 Å². The monoisotopic (exact) mass is 391 g/mol. The van der Waals surface area contributed by atoms with Crippen molar-refractivity contribution in [2.45, 2.75) is 31.2 Å². The van der Waals surface area contributed by atoms with E-state index >= 15 is 0 Å². The third-order valence-electron chi connectivity index (χ3n) is 5.18. The van der Waals surface area contributed by atoms with E-state index in [-0.39, 0.29) is 11.7 Å². The fourth-order valence-electron chi connectivity index (χ4n) is 3.77. The molecule has 7 nitrogen and oxygen atoms in total. The zero-order valence-corrected chi connectivity index (χ0v) is 15.5. The Morgan fingerprint density at radius 1 is 1.31 bits per heavy atom. The van der Waals surface area contributed by atoms with Crippen molar-refractivity contribution in [1.82, 2.24) is 4.98 Å². The Hall–Kier alpha value is -3.73. The number of nitrogens with zero attached hydrogens (tertiary/aromatic N) is 3. The molecular formula is C21H18FN5O2. The van der Waals surface area contributed by atoms with Gasteiger partial charge in [0.25, 0.3) is 11.9 Å². The summed E-state index contributed by atoms with van der Waals surface area (Å²) in [6, 6.07) is 9.28. The van der Waals surface area contributed by atoms with Crippen LogP contribution in [-0.4, -0.2) is 16.9 Å². The van der Waals surface area contributed by atoms with Gasteiger partial charge in [-0.05, 0) is 55.2 Å². The van der Waals surface area contributed by atoms with Gasteiger partial charge >= 0.3 is 0 Å². The number of nitrogens with one attached hydrogen (secondary N) is 1. The summed E-state index contributed by atoms with van der Waals surface area (Å²) in [5, 5.41) is 11.6. The molecule has 1 fully saturated rings. The van der Waals surface area contributed by atoms with Crippen molar-refractivity contribution in [3.8, 4) is 6.07 Å². The van der Waals surface area contributed by atoms with Gasteiger partial charge in [0.1, 0.15) is 23.1 Å². The van der Waals surface area contributed by atoms with Crippen LogP contribution in [-0.2, 0) is 10.3 Å². The molecule has 2 aliphatic rings. The predicted octanol–water partition coefficient (Wildman–Crippen LogP) is 3.34. The molecule has 0 bridgehead atoms. The van der Waals surface area contributed by atoms with Crippen LogP contribution in [0.15, 0.2) is 53.4 Å². The van der Waals surface area contributed by atoms with Gasteiger partial charge in [-0.3, -0.25) is 4.79 Å². The van der Waals surface area contributed by atoms with Crippen LogP contribution in [0.4, 0.5) is 10.1 Å². The number of anilines is 1. The van der Waals surface area contributed by atoms with Gasteiger partial charge in [-0.25, -0.2) is 14.4 Å². The van der Waals surface area contributed by atoms with Crippen LogP contribution < -0.4 is 11.1 Å². The van der Waals surface area contributed by atoms with Gasteiger partial charge in [0.2, 0.25) is 0 Å². The van der Waals surface area contributed by atoms with E-state index in [0.29, 0.717) is 23.2 Å². The zero-order chi connectivity index (χ0) is 20.4. The third-order valence-corrected chi connectivity index (χ3v) is 5.18. The summed E-state index contributed by atoms with van der Waals surface area (Å²) in [5.41, 5.74) is 7.02. The van der Waals surface area contributed by atoms with Crippen molar-refractivity contribution in [1.29, 1.82) is 5.26 Å². The van der Waals surface area contributed by atoms with Gasteiger partial charge in [0.15, 0.2) is 0 Å². The van der Waals surface area contributed by atoms with Gasteiger partial charge in [0, 0.05) is 17.4 Å². The van der Waals surface area contributed by atoms with Crippen molar-refractivity contribution in [2.24, 2.45) is 10.7 Å². The standard InChI is InChI=1S/C21H18FN5O2/c22-17-6-5-15(26-19(28)18-7-4-13(10-23)11-25-18)9-16(17)21-8-2-1-3-14(21)12-29-20(24)27-21/h4-7,9,11-12H,1-3,8H2,(H2,24,27)(H,26,28)/t21-/m0/s1. The zero-order valence-electron chi connectivity index (χ0n) is 15.5. The van der Waals surface area contributed by atoms with E-state index in [2.05, 4.69) is 15.3 Å². The molecule has 0 unspecified atom stereocenters. The normalized spacial score (nSPS) is 20.4. The lowest BCUT2D eigenvalue weighted by atomic mass is 9.73. The highest BCUT2D eigenvalue weighted by Crippen LogP contribution is 2.47. The van der Waals surface area contributed by atoms with Crippen LogP contribution >= 0.6 is 0 Å². The Labute approximate surface area is 166 Å². The minimum atomic E-state index is -0.919. The Morgan fingerprint density at radius 3 is 2.93 bits per heavy atom. The topological polar surface area (TPSA) is 113 Å². The summed E-state index contributed by atoms with van der Waals surface area (Å²) in [4.78, 5) is 20.9. The molecule has 1 aliphatic carbocycles. The average Bonchev–Trinajstić information content (AvgIpc) is 2.74. The van der Waals surface area contributed by atoms with E-state index in [1.165, 1.54) is 30.5 Å². The first kappa shape index (κ1) is 18.6. The van der Waals surface area contributed by atoms with Crippen molar-refractivity contribution in [2.75, 3.05) is 5.32 Å². The van der Waals surface area contributed by atoms with Gasteiger partial charge < -0.3 is 15.8 Å². The highest BCUT2D eigenvalue weighted by atomic mass is 19.1. The second kappa shape index (κ2) is 7.36. The number of hydrogen-bond donors (Lipinski definition) is 2. The summed E-state index contributed by atoms with van der Waals surface area (Å²) in [5.74, 6) is -0.885. The number of halogens is 1. The average molecular weight is 391 g/mol. The SMILES string of the molecule is N#Cc1ccc(C(=O)Nc2ccc(F)c([C@]34CCCCC3=COC(N)=N4)c2)nc1. The molecule has 0 radical (unpaired) electrons. The maximum atomic E-state index is 14.9. The van der Waals surface area contributed by atoms with Crippen LogP contribution in [0.5, 0.6) is 0 Å². The number of aliphatic imine (C=N–C) groups is 1. The largest absolute Gasteiger partial charge is 0.434 e. The molecule has 0 spiro atoms. The first-order valence-electron chi connectivity index (χ1n) is 9.21. The Morgan fingerprint density at radius 2 is 2.17 bits per heavy atom. The van der Waals surface area contributed by atoms with E-state index in [1.54, 1.807) is 12.3 Å². The van der Waals surface area contributed by atoms with Gasteiger partial charge in [-0.2, -0.15) is 5.26 Å². The molecule has 3 N–H and O–H groups in total. The second-order valence-electron chi connectivity index (χ2n) is 6.97. The second-order valence-corrected chi connectivity index (χ2v) is 6.97. The highest BCUT2D eigenvalue weighted by Gasteiger charge is 2.42. The molecule has 2 aromatic rings. The summed E-state index contributed by atoms with van der Waals surface area (Å²) < 4.78 is 20.1. The number of amidine groups is 1. The molecule has 1 saturated carbocycles. The molecule has 29 heavy (non-hydrogen) atoms. The number of rotatable bonds is 3. The first-order chi connectivity index (χ1) is 14.0. The lowest BCUT2D eigenvalue weighted by molar-refractivity contribution is 0.102. The maximum Gasteiger partial charge on any atom is 0.288 e. The summed E-state index contributed by atoms with van der Waals surface area (Å²) in [7, 11) is 0. The molecule has 1 aromatic carbocycles. The first-order valence-corrected chi connectivity index (χ1v) is 9.21. The molecular weight excluding hydrogens is 373 g/mol. The predicted molar refractivity (Wildman–Crippen MR) is 104 cm³/mol. The van der Waals surface area contributed by atoms with Gasteiger partial charge in [-0.1, -0.05) is 6.42 Å². The summed E-state index contributed by atoms with van der Waals surface area (Å²) in [6.07, 6.45) is 6.07. The van der Waals surface area contributed by atoms with Gasteiger partial charge in [0.05, 0.1) is 11.8 Å². The number of aromatic nitrogens is 1. The molecule has 1 aromatic heterocycles. The quantitative estimate of drug-likeness (QED) is 0.833. The summed E-state index contributed by atoms with van der Waals surface area (Å²) in [6.45, 7) is 0. The van der Waals surface area contributed by atoms with E-state index < -0.39 is 17.3 Å². The van der Waals surface area contributed by atoms with Crippen LogP contribution in [0.3, 0.4) is 0 Å². The fourth-order valence-corrected chi connectivity index (χ4v) is 3.77. The summed E-state index contributed by atoms with van der Waals surface area (Å²) >= 11 is 0. The van der Waals surface area contributed by atoms with E-state index in [4.69, 9.17) is 15.7 Å². The number of carbonyl (C=O) groups excluding carboxylic acids is 1. The number of pyridine rings is 1. The van der Waals surface area contributed by atoms with Crippen LogP contribution in [0.1, 0.15) is 47.3 Å². The van der Waals surface area contributed by atoms with Crippen LogP contribution in [0.2, 0.25) is 0 Å². The van der Waals surface area contributed by atoms with E-state index in [1.807, 2.05) is 6.07 Å². The molecule has 0 saturated heterocycles. The van der Waals surface area contributed by atoms with Crippen molar-refractivity contribution >= 4 is 17.6 Å². The van der Waals surface area contributed by atoms with Crippen molar-refractivity contribution in [3.63, 3.8) is 0 Å². The smallest absolute Gasteiger partial charge is 0.288 e. The molecule has 8 heteroatoms.